The van der Waals surface area contributed by atoms with Crippen molar-refractivity contribution in [3.8, 4) is 0 Å². The molecule has 1 aromatic carbocycles. The van der Waals surface area contributed by atoms with Crippen molar-refractivity contribution in [1.29, 1.82) is 0 Å². The second-order valence-electron chi connectivity index (χ2n) is 5.49. The summed E-state index contributed by atoms with van der Waals surface area (Å²) in [6.07, 6.45) is 1.85. The van der Waals surface area contributed by atoms with E-state index in [0.29, 0.717) is 22.6 Å². The number of carbonyl (C=O) groups excluding carboxylic acids is 2. The molecule has 0 saturated heterocycles. The molecule has 0 bridgehead atoms. The van der Waals surface area contributed by atoms with Gasteiger partial charge in [-0.1, -0.05) is 13.3 Å². The van der Waals surface area contributed by atoms with Crippen molar-refractivity contribution in [3.05, 3.63) is 35.1 Å². The Labute approximate surface area is 130 Å². The number of carbonyl (C=O) groups is 2. The average Bonchev–Trinajstić information content (AvgIpc) is 2.42. The SMILES string of the molecule is CCCCNC(=O)C[NH+](C)[C@@H](C(=O)[O-])c1ccc(F)c(C)c1. The highest BCUT2D eigenvalue weighted by molar-refractivity contribution is 5.77. The number of nitrogens with one attached hydrogen (secondary N) is 2. The van der Waals surface area contributed by atoms with Gasteiger partial charge in [0.25, 0.3) is 5.91 Å². The molecule has 6 heteroatoms. The first-order valence-corrected chi connectivity index (χ1v) is 7.42. The Morgan fingerprint density at radius 1 is 1.41 bits per heavy atom. The number of likely N-dealkylation sites (N-methyl/N-ethyl adjacent to an activating group) is 1. The van der Waals surface area contributed by atoms with Crippen molar-refractivity contribution in [1.82, 2.24) is 5.32 Å². The van der Waals surface area contributed by atoms with Gasteiger partial charge in [0.1, 0.15) is 11.8 Å². The zero-order valence-corrected chi connectivity index (χ0v) is 13.2. The molecule has 0 aliphatic carbocycles. The van der Waals surface area contributed by atoms with E-state index in [1.54, 1.807) is 14.0 Å². The predicted molar refractivity (Wildman–Crippen MR) is 78.6 cm³/mol. The van der Waals surface area contributed by atoms with Crippen molar-refractivity contribution in [2.24, 2.45) is 0 Å². The van der Waals surface area contributed by atoms with Crippen LogP contribution in [0.25, 0.3) is 0 Å². The lowest BCUT2D eigenvalue weighted by atomic mass is 10.0. The van der Waals surface area contributed by atoms with Crippen LogP contribution in [0, 0.1) is 12.7 Å². The minimum absolute atomic E-state index is 0.0127. The van der Waals surface area contributed by atoms with E-state index in [1.165, 1.54) is 18.2 Å². The van der Waals surface area contributed by atoms with E-state index in [0.717, 1.165) is 12.8 Å². The number of halogens is 1. The van der Waals surface area contributed by atoms with Gasteiger partial charge in [0.05, 0.1) is 7.05 Å². The summed E-state index contributed by atoms with van der Waals surface area (Å²) < 4.78 is 13.3. The molecule has 0 spiro atoms. The number of benzene rings is 1. The van der Waals surface area contributed by atoms with E-state index >= 15 is 0 Å². The van der Waals surface area contributed by atoms with Crippen molar-refractivity contribution >= 4 is 11.9 Å². The third-order valence-electron chi connectivity index (χ3n) is 3.54. The van der Waals surface area contributed by atoms with Crippen LogP contribution in [-0.2, 0) is 9.59 Å². The van der Waals surface area contributed by atoms with E-state index in [9.17, 15) is 19.1 Å². The van der Waals surface area contributed by atoms with E-state index in [-0.39, 0.29) is 12.5 Å². The Kier molecular flexibility index (Phi) is 6.98. The Bertz CT molecular complexity index is 534. The smallest absolute Gasteiger partial charge is 0.275 e. The molecule has 0 radical (unpaired) electrons. The van der Waals surface area contributed by atoms with Crippen LogP contribution >= 0.6 is 0 Å². The van der Waals surface area contributed by atoms with Gasteiger partial charge in [-0.2, -0.15) is 0 Å². The highest BCUT2D eigenvalue weighted by Gasteiger charge is 2.24. The fourth-order valence-electron chi connectivity index (χ4n) is 2.29. The number of aliphatic carboxylic acids is 1. The standard InChI is InChI=1S/C16H23FN2O3/c1-4-5-8-18-14(20)10-19(3)15(16(21)22)12-6-7-13(17)11(2)9-12/h6-7,9,15H,4-5,8,10H2,1-3H3,(H,18,20)(H,21,22)/t15-/m1/s1. The Morgan fingerprint density at radius 2 is 2.09 bits per heavy atom. The van der Waals surface area contributed by atoms with Crippen LogP contribution in [0.5, 0.6) is 0 Å². The van der Waals surface area contributed by atoms with Crippen LogP contribution in [0.4, 0.5) is 4.39 Å². The molecule has 1 unspecified atom stereocenters. The molecule has 0 saturated carbocycles. The maximum absolute atomic E-state index is 13.3. The number of carboxylic acid groups (broad SMARTS) is 1. The third kappa shape index (κ3) is 5.11. The Balaban J connectivity index is 2.79. The molecule has 0 aliphatic rings. The molecule has 0 aromatic heterocycles. The lowest BCUT2D eigenvalue weighted by molar-refractivity contribution is -0.897. The summed E-state index contributed by atoms with van der Waals surface area (Å²) in [4.78, 5) is 23.7. The molecule has 1 rings (SSSR count). The van der Waals surface area contributed by atoms with Crippen molar-refractivity contribution in [3.63, 3.8) is 0 Å². The Morgan fingerprint density at radius 3 is 2.64 bits per heavy atom. The lowest BCUT2D eigenvalue weighted by Gasteiger charge is -2.26. The fraction of sp³-hybridized carbons (Fsp3) is 0.500. The molecule has 2 N–H and O–H groups in total. The summed E-state index contributed by atoms with van der Waals surface area (Å²) in [6, 6.07) is 3.11. The number of hydrogen-bond acceptors (Lipinski definition) is 3. The van der Waals surface area contributed by atoms with Crippen LogP contribution < -0.4 is 15.3 Å². The quantitative estimate of drug-likeness (QED) is 0.627. The highest BCUT2D eigenvalue weighted by Crippen LogP contribution is 2.14. The largest absolute Gasteiger partial charge is 0.544 e. The second kappa shape index (κ2) is 8.48. The van der Waals surface area contributed by atoms with Gasteiger partial charge in [-0.3, -0.25) is 4.79 Å². The van der Waals surface area contributed by atoms with Gasteiger partial charge in [0.2, 0.25) is 0 Å². The first kappa shape index (κ1) is 18.1. The monoisotopic (exact) mass is 310 g/mol. The molecular formula is C16H23FN2O3. The zero-order valence-electron chi connectivity index (χ0n) is 13.2. The summed E-state index contributed by atoms with van der Waals surface area (Å²) in [7, 11) is 1.61. The Hall–Kier alpha value is -1.95. The predicted octanol–water partition coefficient (Wildman–Crippen LogP) is -0.644. The van der Waals surface area contributed by atoms with Crippen LogP contribution in [0.1, 0.15) is 36.9 Å². The normalized spacial score (nSPS) is 13.5. The maximum Gasteiger partial charge on any atom is 0.275 e. The minimum Gasteiger partial charge on any atom is -0.544 e. The summed E-state index contributed by atoms with van der Waals surface area (Å²) in [5.74, 6) is -1.89. The molecule has 1 aromatic rings. The molecule has 5 nitrogen and oxygen atoms in total. The fourth-order valence-corrected chi connectivity index (χ4v) is 2.29. The minimum atomic E-state index is -1.29. The van der Waals surface area contributed by atoms with E-state index < -0.39 is 17.8 Å². The second-order valence-corrected chi connectivity index (χ2v) is 5.49. The van der Waals surface area contributed by atoms with Gasteiger partial charge < -0.3 is 20.1 Å². The summed E-state index contributed by atoms with van der Waals surface area (Å²) in [5, 5.41) is 14.2. The van der Waals surface area contributed by atoms with E-state index in [1.807, 2.05) is 6.92 Å². The van der Waals surface area contributed by atoms with Gasteiger partial charge >= 0.3 is 0 Å². The van der Waals surface area contributed by atoms with Crippen molar-refractivity contribution in [2.75, 3.05) is 20.1 Å². The van der Waals surface area contributed by atoms with Crippen LogP contribution in [0.2, 0.25) is 0 Å². The van der Waals surface area contributed by atoms with Gasteiger partial charge in [0.15, 0.2) is 12.6 Å². The maximum atomic E-state index is 13.3. The number of rotatable bonds is 8. The van der Waals surface area contributed by atoms with Crippen LogP contribution in [0.3, 0.4) is 0 Å². The number of carboxylic acids is 1. The summed E-state index contributed by atoms with van der Waals surface area (Å²) in [5.41, 5.74) is 0.793. The molecule has 1 amide bonds. The average molecular weight is 310 g/mol. The van der Waals surface area contributed by atoms with Crippen molar-refractivity contribution in [2.45, 2.75) is 32.7 Å². The van der Waals surface area contributed by atoms with E-state index in [2.05, 4.69) is 5.32 Å². The summed E-state index contributed by atoms with van der Waals surface area (Å²) in [6.45, 7) is 4.18. The molecule has 0 fully saturated rings. The first-order chi connectivity index (χ1) is 10.4. The zero-order chi connectivity index (χ0) is 16.7. The summed E-state index contributed by atoms with van der Waals surface area (Å²) >= 11 is 0. The first-order valence-electron chi connectivity index (χ1n) is 7.42. The topological polar surface area (TPSA) is 73.7 Å². The number of unbranched alkanes of at least 4 members (excludes halogenated alkanes) is 1. The molecule has 0 heterocycles. The molecular weight excluding hydrogens is 287 g/mol. The highest BCUT2D eigenvalue weighted by atomic mass is 19.1. The number of amides is 1. The third-order valence-corrected chi connectivity index (χ3v) is 3.54. The van der Waals surface area contributed by atoms with Gasteiger partial charge in [0, 0.05) is 12.1 Å². The van der Waals surface area contributed by atoms with Gasteiger partial charge in [-0.25, -0.2) is 4.39 Å². The van der Waals surface area contributed by atoms with Gasteiger partial charge in [-0.05, 0) is 37.1 Å². The molecule has 22 heavy (non-hydrogen) atoms. The van der Waals surface area contributed by atoms with Crippen molar-refractivity contribution < 1.29 is 24.0 Å². The van der Waals surface area contributed by atoms with Crippen LogP contribution in [0.15, 0.2) is 18.2 Å². The number of hydrogen-bond donors (Lipinski definition) is 2. The molecule has 0 aliphatic heterocycles. The van der Waals surface area contributed by atoms with E-state index in [4.69, 9.17) is 0 Å². The molecule has 122 valence electrons. The van der Waals surface area contributed by atoms with Crippen LogP contribution in [-0.4, -0.2) is 32.0 Å². The lowest BCUT2D eigenvalue weighted by Crippen LogP contribution is -3.12. The number of aryl methyl sites for hydroxylation is 1. The molecule has 2 atom stereocenters. The van der Waals surface area contributed by atoms with Gasteiger partial charge in [-0.15, -0.1) is 0 Å². The number of quaternary nitrogens is 1.